The van der Waals surface area contributed by atoms with Gasteiger partial charge in [-0.05, 0) is 29.1 Å². The molecule has 0 radical (unpaired) electrons. The summed E-state index contributed by atoms with van der Waals surface area (Å²) in [5.74, 6) is 0.624. The van der Waals surface area contributed by atoms with Crippen LogP contribution in [0.2, 0.25) is 0 Å². The molecule has 2 aromatic rings. The Labute approximate surface area is 129 Å². The molecule has 2 heterocycles. The number of thiophene rings is 1. The standard InChI is InChI=1S/C14H20N2O3S2/c1-11(2)15-8-12-7-14(20-10-12)21(17,18)16(3)9-13-5-4-6-19-13/h4-7,10-11,15H,8-9H2,1-3H3. The van der Waals surface area contributed by atoms with Crippen molar-refractivity contribution >= 4 is 21.4 Å². The molecule has 116 valence electrons. The molecule has 0 atom stereocenters. The van der Waals surface area contributed by atoms with Crippen molar-refractivity contribution in [2.24, 2.45) is 0 Å². The van der Waals surface area contributed by atoms with E-state index in [1.807, 2.05) is 5.38 Å². The Hall–Kier alpha value is -1.15. The minimum absolute atomic E-state index is 0.229. The van der Waals surface area contributed by atoms with Gasteiger partial charge in [-0.25, -0.2) is 8.42 Å². The summed E-state index contributed by atoms with van der Waals surface area (Å²) in [5.41, 5.74) is 0.985. The maximum absolute atomic E-state index is 12.5. The molecule has 21 heavy (non-hydrogen) atoms. The minimum Gasteiger partial charge on any atom is -0.468 e. The molecule has 1 N–H and O–H groups in total. The van der Waals surface area contributed by atoms with Gasteiger partial charge in [-0.2, -0.15) is 4.31 Å². The monoisotopic (exact) mass is 328 g/mol. The van der Waals surface area contributed by atoms with Crippen LogP contribution < -0.4 is 5.32 Å². The van der Waals surface area contributed by atoms with Crippen molar-refractivity contribution in [1.82, 2.24) is 9.62 Å². The lowest BCUT2D eigenvalue weighted by Crippen LogP contribution is -2.25. The van der Waals surface area contributed by atoms with Gasteiger partial charge in [0.15, 0.2) is 0 Å². The van der Waals surface area contributed by atoms with E-state index >= 15 is 0 Å². The van der Waals surface area contributed by atoms with Gasteiger partial charge >= 0.3 is 0 Å². The largest absolute Gasteiger partial charge is 0.468 e. The molecule has 2 aromatic heterocycles. The van der Waals surface area contributed by atoms with Gasteiger partial charge in [0.25, 0.3) is 10.0 Å². The van der Waals surface area contributed by atoms with E-state index in [0.717, 1.165) is 5.56 Å². The van der Waals surface area contributed by atoms with Crippen molar-refractivity contribution in [1.29, 1.82) is 0 Å². The zero-order valence-electron chi connectivity index (χ0n) is 12.4. The highest BCUT2D eigenvalue weighted by Gasteiger charge is 2.23. The Bertz CT molecular complexity index is 660. The summed E-state index contributed by atoms with van der Waals surface area (Å²) in [6.45, 7) is 5.01. The number of hydrogen-bond acceptors (Lipinski definition) is 5. The highest BCUT2D eigenvalue weighted by Crippen LogP contribution is 2.24. The molecule has 0 aliphatic heterocycles. The summed E-state index contributed by atoms with van der Waals surface area (Å²) in [6, 6.07) is 5.61. The zero-order chi connectivity index (χ0) is 15.5. The quantitative estimate of drug-likeness (QED) is 0.849. The Morgan fingerprint density at radius 2 is 2.19 bits per heavy atom. The highest BCUT2D eigenvalue weighted by atomic mass is 32.2. The van der Waals surface area contributed by atoms with E-state index in [-0.39, 0.29) is 6.54 Å². The van der Waals surface area contributed by atoms with Crippen LogP contribution in [0.4, 0.5) is 0 Å². The van der Waals surface area contributed by atoms with Crippen LogP contribution in [0.3, 0.4) is 0 Å². The first-order valence-electron chi connectivity index (χ1n) is 6.69. The van der Waals surface area contributed by atoms with Gasteiger partial charge in [0.2, 0.25) is 0 Å². The molecule has 0 fully saturated rings. The van der Waals surface area contributed by atoms with Gasteiger partial charge in [-0.3, -0.25) is 0 Å². The molecule has 0 bridgehead atoms. The second-order valence-corrected chi connectivity index (χ2v) is 8.33. The van der Waals surface area contributed by atoms with Crippen molar-refractivity contribution in [3.05, 3.63) is 41.2 Å². The van der Waals surface area contributed by atoms with E-state index in [2.05, 4.69) is 19.2 Å². The predicted molar refractivity (Wildman–Crippen MR) is 83.7 cm³/mol. The number of nitrogens with one attached hydrogen (secondary N) is 1. The molecule has 2 rings (SSSR count). The number of hydrogen-bond donors (Lipinski definition) is 1. The van der Waals surface area contributed by atoms with Crippen LogP contribution in [0.1, 0.15) is 25.2 Å². The topological polar surface area (TPSA) is 62.6 Å². The minimum atomic E-state index is -3.47. The van der Waals surface area contributed by atoms with Gasteiger partial charge in [-0.1, -0.05) is 13.8 Å². The maximum Gasteiger partial charge on any atom is 0.252 e. The smallest absolute Gasteiger partial charge is 0.252 e. The van der Waals surface area contributed by atoms with Crippen molar-refractivity contribution in [2.75, 3.05) is 7.05 Å². The Morgan fingerprint density at radius 1 is 1.43 bits per heavy atom. The van der Waals surface area contributed by atoms with E-state index in [1.54, 1.807) is 25.2 Å². The molecule has 0 spiro atoms. The SMILES string of the molecule is CC(C)NCc1csc(S(=O)(=O)N(C)Cc2ccco2)c1. The van der Waals surface area contributed by atoms with Crippen LogP contribution in [0, 0.1) is 0 Å². The first-order valence-corrected chi connectivity index (χ1v) is 9.01. The first kappa shape index (κ1) is 16.2. The average Bonchev–Trinajstić information content (AvgIpc) is 3.07. The molecule has 0 aromatic carbocycles. The van der Waals surface area contributed by atoms with Crippen LogP contribution in [-0.4, -0.2) is 25.8 Å². The van der Waals surface area contributed by atoms with Gasteiger partial charge < -0.3 is 9.73 Å². The summed E-state index contributed by atoms with van der Waals surface area (Å²) in [4.78, 5) is 0. The summed E-state index contributed by atoms with van der Waals surface area (Å²) >= 11 is 1.25. The summed E-state index contributed by atoms with van der Waals surface area (Å²) in [6.07, 6.45) is 1.54. The molecule has 0 aliphatic rings. The fraction of sp³-hybridized carbons (Fsp3) is 0.429. The fourth-order valence-corrected chi connectivity index (χ4v) is 4.32. The molecule has 0 saturated carbocycles. The predicted octanol–water partition coefficient (Wildman–Crippen LogP) is 2.66. The molecule has 7 heteroatoms. The lowest BCUT2D eigenvalue weighted by molar-refractivity contribution is 0.407. The van der Waals surface area contributed by atoms with E-state index in [9.17, 15) is 8.42 Å². The van der Waals surface area contributed by atoms with Crippen molar-refractivity contribution in [2.45, 2.75) is 37.2 Å². The first-order chi connectivity index (χ1) is 9.89. The Morgan fingerprint density at radius 3 is 2.81 bits per heavy atom. The van der Waals surface area contributed by atoms with E-state index in [1.165, 1.54) is 21.9 Å². The lowest BCUT2D eigenvalue weighted by Gasteiger charge is -2.14. The fourth-order valence-electron chi connectivity index (χ4n) is 1.76. The van der Waals surface area contributed by atoms with Gasteiger partial charge in [-0.15, -0.1) is 11.3 Å². The lowest BCUT2D eigenvalue weighted by atomic mass is 10.3. The highest BCUT2D eigenvalue weighted by molar-refractivity contribution is 7.91. The zero-order valence-corrected chi connectivity index (χ0v) is 14.0. The number of sulfonamides is 1. The van der Waals surface area contributed by atoms with Gasteiger partial charge in [0.05, 0.1) is 12.8 Å². The third-order valence-corrected chi connectivity index (χ3v) is 6.23. The molecular weight excluding hydrogens is 308 g/mol. The number of furan rings is 1. The van der Waals surface area contributed by atoms with Gasteiger partial charge in [0.1, 0.15) is 9.97 Å². The van der Waals surface area contributed by atoms with Crippen molar-refractivity contribution in [3.63, 3.8) is 0 Å². The Balaban J connectivity index is 2.08. The van der Waals surface area contributed by atoms with Crippen LogP contribution >= 0.6 is 11.3 Å². The van der Waals surface area contributed by atoms with Crippen LogP contribution in [-0.2, 0) is 23.1 Å². The summed E-state index contributed by atoms with van der Waals surface area (Å²) in [5, 5.41) is 5.15. The summed E-state index contributed by atoms with van der Waals surface area (Å²) < 4.78 is 31.8. The van der Waals surface area contributed by atoms with Crippen LogP contribution in [0.5, 0.6) is 0 Å². The van der Waals surface area contributed by atoms with Gasteiger partial charge in [0, 0.05) is 19.6 Å². The molecule has 5 nitrogen and oxygen atoms in total. The van der Waals surface area contributed by atoms with Crippen molar-refractivity contribution < 1.29 is 12.8 Å². The van der Waals surface area contributed by atoms with E-state index in [0.29, 0.717) is 22.6 Å². The number of nitrogens with zero attached hydrogens (tertiary/aromatic N) is 1. The summed E-state index contributed by atoms with van der Waals surface area (Å²) in [7, 11) is -1.91. The molecular formula is C14H20N2O3S2. The second-order valence-electron chi connectivity index (χ2n) is 5.15. The third-order valence-electron chi connectivity index (χ3n) is 2.97. The molecule has 0 amide bonds. The van der Waals surface area contributed by atoms with E-state index < -0.39 is 10.0 Å². The molecule has 0 unspecified atom stereocenters. The van der Waals surface area contributed by atoms with Crippen LogP contribution in [0.25, 0.3) is 0 Å². The third kappa shape index (κ3) is 4.16. The Kier molecular flexibility index (Phi) is 5.21. The average molecular weight is 328 g/mol. The normalized spacial score (nSPS) is 12.4. The number of rotatable bonds is 7. The van der Waals surface area contributed by atoms with E-state index in [4.69, 9.17) is 4.42 Å². The maximum atomic E-state index is 12.5. The molecule has 0 saturated heterocycles. The second kappa shape index (κ2) is 6.74. The van der Waals surface area contributed by atoms with Crippen molar-refractivity contribution in [3.8, 4) is 0 Å². The molecule has 0 aliphatic carbocycles. The van der Waals surface area contributed by atoms with Crippen LogP contribution in [0.15, 0.2) is 38.5 Å².